The number of carbonyl (C=O) groups excluding carboxylic acids is 1. The van der Waals surface area contributed by atoms with Gasteiger partial charge in [-0.25, -0.2) is 21.6 Å². The average Bonchev–Trinajstić information content (AvgIpc) is 2.13. The minimum atomic E-state index is -4.13. The van der Waals surface area contributed by atoms with Crippen LogP contribution in [-0.2, 0) is 24.8 Å². The lowest BCUT2D eigenvalue weighted by Gasteiger charge is -2.28. The maximum Gasteiger partial charge on any atom is 0.439 e. The lowest BCUT2D eigenvalue weighted by molar-refractivity contribution is 0.101. The smallest absolute Gasteiger partial charge is 0.439 e. The summed E-state index contributed by atoms with van der Waals surface area (Å²) in [4.78, 5) is 11.3. The minimum Gasteiger partial charge on any atom is -0.451 e. The van der Waals surface area contributed by atoms with Crippen LogP contribution in [0.25, 0.3) is 0 Å². The molecule has 17 heavy (non-hydrogen) atoms. The summed E-state index contributed by atoms with van der Waals surface area (Å²) in [7, 11) is -7.17. The van der Waals surface area contributed by atoms with Crippen molar-refractivity contribution in [1.82, 2.24) is 8.83 Å². The second kappa shape index (κ2) is 5.85. The first-order valence-electron chi connectivity index (χ1n) is 4.17. The van der Waals surface area contributed by atoms with Crippen LogP contribution in [0.2, 0.25) is 0 Å². The monoisotopic (exact) mass is 308 g/mol. The lowest BCUT2D eigenvalue weighted by atomic mass is 10.8. The van der Waals surface area contributed by atoms with Crippen molar-refractivity contribution in [2.45, 2.75) is 0 Å². The number of hydrogen-bond acceptors (Lipinski definition) is 6. The van der Waals surface area contributed by atoms with Gasteiger partial charge >= 0.3 is 6.09 Å². The predicted octanol–water partition coefficient (Wildman–Crippen LogP) is -0.570. The van der Waals surface area contributed by atoms with Gasteiger partial charge in [0.15, 0.2) is 0 Å². The maximum atomic E-state index is 11.4. The zero-order valence-corrected chi connectivity index (χ0v) is 11.8. The van der Waals surface area contributed by atoms with Gasteiger partial charge in [-0.05, 0) is 0 Å². The molecule has 0 aromatic rings. The topological polar surface area (TPSA) is 101 Å². The summed E-state index contributed by atoms with van der Waals surface area (Å²) in [6, 6.07) is 0. The molecule has 0 aliphatic heterocycles. The van der Waals surface area contributed by atoms with E-state index in [0.717, 1.165) is 13.4 Å². The largest absolute Gasteiger partial charge is 0.451 e. The SMILES string of the molecule is COC(=O)N(N(CCCl)S(C)(=O)=O)S(C)(=O)=O. The normalized spacial score (nSPS) is 12.5. The predicted molar refractivity (Wildman–Crippen MR) is 61.4 cm³/mol. The summed E-state index contributed by atoms with van der Waals surface area (Å²) in [6.07, 6.45) is 0.0971. The Kier molecular flexibility index (Phi) is 5.65. The highest BCUT2D eigenvalue weighted by Gasteiger charge is 2.36. The molecule has 0 aromatic heterocycles. The van der Waals surface area contributed by atoms with Crippen LogP contribution in [0.1, 0.15) is 0 Å². The van der Waals surface area contributed by atoms with Crippen molar-refractivity contribution < 1.29 is 26.4 Å². The van der Waals surface area contributed by atoms with E-state index in [1.165, 1.54) is 0 Å². The molecule has 0 rings (SSSR count). The summed E-state index contributed by atoms with van der Waals surface area (Å²) in [6.45, 7) is -0.372. The molecule has 0 fully saturated rings. The van der Waals surface area contributed by atoms with E-state index in [1.54, 1.807) is 0 Å². The zero-order valence-electron chi connectivity index (χ0n) is 9.45. The van der Waals surface area contributed by atoms with Crippen LogP contribution in [0, 0.1) is 0 Å². The van der Waals surface area contributed by atoms with E-state index in [4.69, 9.17) is 11.6 Å². The Hall–Kier alpha value is -0.580. The number of hydrazine groups is 1. The number of carbonyl (C=O) groups is 1. The van der Waals surface area contributed by atoms with E-state index in [2.05, 4.69) is 4.74 Å². The first kappa shape index (κ1) is 16.4. The number of methoxy groups -OCH3 is 1. The van der Waals surface area contributed by atoms with Gasteiger partial charge in [0.2, 0.25) is 10.0 Å². The molecule has 0 spiro atoms. The van der Waals surface area contributed by atoms with Gasteiger partial charge in [-0.3, -0.25) is 0 Å². The third-order valence-electron chi connectivity index (χ3n) is 1.51. The molecule has 0 saturated carbocycles. The van der Waals surface area contributed by atoms with Gasteiger partial charge in [0.05, 0.1) is 19.6 Å². The fourth-order valence-corrected chi connectivity index (χ4v) is 3.44. The van der Waals surface area contributed by atoms with E-state index < -0.39 is 26.1 Å². The Morgan fingerprint density at radius 3 is 1.88 bits per heavy atom. The molecule has 0 unspecified atom stereocenters. The van der Waals surface area contributed by atoms with Crippen LogP contribution in [-0.4, -0.2) is 63.8 Å². The summed E-state index contributed by atoms with van der Waals surface area (Å²) < 4.78 is 50.1. The summed E-state index contributed by atoms with van der Waals surface area (Å²) in [5.74, 6) is -0.184. The third-order valence-corrected chi connectivity index (χ3v) is 3.86. The van der Waals surface area contributed by atoms with Crippen molar-refractivity contribution in [3.05, 3.63) is 0 Å². The van der Waals surface area contributed by atoms with Crippen LogP contribution in [0.15, 0.2) is 0 Å². The van der Waals surface area contributed by atoms with Gasteiger partial charge in [0.1, 0.15) is 0 Å². The van der Waals surface area contributed by atoms with Gasteiger partial charge in [0, 0.05) is 12.4 Å². The van der Waals surface area contributed by atoms with Crippen molar-refractivity contribution in [2.75, 3.05) is 32.0 Å². The average molecular weight is 309 g/mol. The molecule has 1 amide bonds. The van der Waals surface area contributed by atoms with E-state index >= 15 is 0 Å². The second-order valence-corrected chi connectivity index (χ2v) is 7.05. The Balaban J connectivity index is 5.64. The zero-order chi connectivity index (χ0) is 13.9. The Labute approximate surface area is 105 Å². The molecule has 0 atom stereocenters. The number of amides is 1. The number of halogens is 1. The van der Waals surface area contributed by atoms with Gasteiger partial charge in [-0.2, -0.15) is 0 Å². The molecular weight excluding hydrogens is 296 g/mol. The fourth-order valence-electron chi connectivity index (χ4n) is 0.934. The lowest BCUT2D eigenvalue weighted by Crippen LogP contribution is -2.52. The molecular formula is C6H13ClN2O6S2. The molecule has 0 bridgehead atoms. The van der Waals surface area contributed by atoms with Crippen LogP contribution in [0.4, 0.5) is 4.79 Å². The number of ether oxygens (including phenoxy) is 1. The number of nitrogens with zero attached hydrogens (tertiary/aromatic N) is 2. The minimum absolute atomic E-state index is 0.0186. The molecule has 102 valence electrons. The maximum absolute atomic E-state index is 11.4. The second-order valence-electron chi connectivity index (χ2n) is 2.97. The Morgan fingerprint density at radius 1 is 1.18 bits per heavy atom. The third kappa shape index (κ3) is 4.66. The molecule has 0 N–H and O–H groups in total. The van der Waals surface area contributed by atoms with Crippen molar-refractivity contribution in [1.29, 1.82) is 0 Å². The molecule has 0 aromatic carbocycles. The van der Waals surface area contributed by atoms with Crippen molar-refractivity contribution in [2.24, 2.45) is 0 Å². The standard InChI is InChI=1S/C6H13ClN2O6S2/c1-15-6(10)9(17(3,13)14)8(5-4-7)16(2,11)12/h4-5H2,1-3H3. The first-order chi connectivity index (χ1) is 7.55. The van der Waals surface area contributed by atoms with Crippen LogP contribution in [0.3, 0.4) is 0 Å². The number of alkyl halides is 1. The fraction of sp³-hybridized carbons (Fsp3) is 0.833. The molecule has 0 radical (unpaired) electrons. The summed E-state index contributed by atoms with van der Waals surface area (Å²) in [5, 5.41) is 0. The number of hydrogen-bond donors (Lipinski definition) is 0. The molecule has 0 saturated heterocycles. The van der Waals surface area contributed by atoms with E-state index in [-0.39, 0.29) is 16.8 Å². The van der Waals surface area contributed by atoms with E-state index in [0.29, 0.717) is 10.7 Å². The molecule has 8 nitrogen and oxygen atoms in total. The van der Waals surface area contributed by atoms with Gasteiger partial charge in [-0.15, -0.1) is 16.0 Å². The molecule has 0 aliphatic carbocycles. The first-order valence-corrected chi connectivity index (χ1v) is 8.40. The van der Waals surface area contributed by atoms with Crippen LogP contribution in [0.5, 0.6) is 0 Å². The summed E-state index contributed by atoms with van der Waals surface area (Å²) >= 11 is 5.36. The van der Waals surface area contributed by atoms with E-state index in [1.807, 2.05) is 0 Å². The number of rotatable bonds is 5. The van der Waals surface area contributed by atoms with Crippen molar-refractivity contribution in [3.63, 3.8) is 0 Å². The molecule has 11 heteroatoms. The molecule has 0 heterocycles. The highest BCUT2D eigenvalue weighted by Crippen LogP contribution is 2.11. The van der Waals surface area contributed by atoms with Gasteiger partial charge in [0.25, 0.3) is 10.0 Å². The summed E-state index contributed by atoms with van der Waals surface area (Å²) in [5.41, 5.74) is 0. The Morgan fingerprint density at radius 2 is 1.65 bits per heavy atom. The van der Waals surface area contributed by atoms with Gasteiger partial charge in [-0.1, -0.05) is 4.41 Å². The molecule has 0 aliphatic rings. The van der Waals surface area contributed by atoms with Crippen molar-refractivity contribution in [3.8, 4) is 0 Å². The van der Waals surface area contributed by atoms with Crippen molar-refractivity contribution >= 4 is 37.7 Å². The highest BCUT2D eigenvalue weighted by molar-refractivity contribution is 7.91. The number of sulfonamides is 2. The van der Waals surface area contributed by atoms with E-state index in [9.17, 15) is 21.6 Å². The quantitative estimate of drug-likeness (QED) is 0.498. The van der Waals surface area contributed by atoms with Crippen LogP contribution >= 0.6 is 11.6 Å². The van der Waals surface area contributed by atoms with Gasteiger partial charge < -0.3 is 4.74 Å². The Bertz CT molecular complexity index is 473. The van der Waals surface area contributed by atoms with Crippen LogP contribution < -0.4 is 0 Å². The highest BCUT2D eigenvalue weighted by atomic mass is 35.5.